The van der Waals surface area contributed by atoms with Gasteiger partial charge < -0.3 is 5.11 Å². The van der Waals surface area contributed by atoms with Gasteiger partial charge in [0.1, 0.15) is 5.75 Å². The maximum absolute atomic E-state index is 10.8. The minimum Gasteiger partial charge on any atom is -0.507 e. The van der Waals surface area contributed by atoms with Crippen LogP contribution < -0.4 is 0 Å². The molecule has 0 atom stereocenters. The fourth-order valence-corrected chi connectivity index (χ4v) is 4.63. The van der Waals surface area contributed by atoms with E-state index < -0.39 is 0 Å². The summed E-state index contributed by atoms with van der Waals surface area (Å²) >= 11 is 0. The van der Waals surface area contributed by atoms with Crippen LogP contribution in [0.25, 0.3) is 56.4 Å². The molecule has 0 saturated heterocycles. The second-order valence-corrected chi connectivity index (χ2v) is 9.40. The largest absolute Gasteiger partial charge is 0.507 e. The molecule has 6 rings (SSSR count). The van der Waals surface area contributed by atoms with Crippen molar-refractivity contribution in [3.63, 3.8) is 0 Å². The summed E-state index contributed by atoms with van der Waals surface area (Å²) in [6.45, 7) is 22.1. The number of nitrogens with zero attached hydrogens (tertiary/aromatic N) is 3. The zero-order chi connectivity index (χ0) is 36.6. The van der Waals surface area contributed by atoms with Crippen molar-refractivity contribution in [3.8, 4) is 62.2 Å². The summed E-state index contributed by atoms with van der Waals surface area (Å²) in [5.74, 6) is 1.71. The van der Waals surface area contributed by atoms with Crippen LogP contribution in [0.2, 0.25) is 0 Å². The van der Waals surface area contributed by atoms with Crippen LogP contribution in [0.3, 0.4) is 0 Å². The van der Waals surface area contributed by atoms with Gasteiger partial charge in [-0.25, -0.2) is 15.0 Å². The number of hydrogen-bond donors (Lipinski definition) is 1. The summed E-state index contributed by atoms with van der Waals surface area (Å²) < 4.78 is 0. The van der Waals surface area contributed by atoms with Crippen LogP contribution in [0.1, 0.15) is 89.2 Å². The van der Waals surface area contributed by atoms with E-state index >= 15 is 0 Å². The highest BCUT2D eigenvalue weighted by Gasteiger charge is 2.15. The first-order valence-corrected chi connectivity index (χ1v) is 18.1. The first-order chi connectivity index (χ1) is 24.2. The second-order valence-electron chi connectivity index (χ2n) is 9.40. The molecule has 0 aliphatic carbocycles. The molecule has 4 heteroatoms. The highest BCUT2D eigenvalue weighted by molar-refractivity contribution is 5.73. The third kappa shape index (κ3) is 12.4. The fourth-order valence-electron chi connectivity index (χ4n) is 4.63. The van der Waals surface area contributed by atoms with Crippen molar-refractivity contribution in [1.82, 2.24) is 15.0 Å². The Kier molecular flexibility index (Phi) is 23.2. The highest BCUT2D eigenvalue weighted by atomic mass is 16.3. The smallest absolute Gasteiger partial charge is 0.167 e. The van der Waals surface area contributed by atoms with Gasteiger partial charge >= 0.3 is 0 Å². The average molecular weight is 672 g/mol. The number of aryl methyl sites for hydroxylation is 1. The lowest BCUT2D eigenvalue weighted by Crippen LogP contribution is -2.00. The van der Waals surface area contributed by atoms with Crippen LogP contribution >= 0.6 is 0 Å². The quantitative estimate of drug-likeness (QED) is 0.191. The third-order valence-electron chi connectivity index (χ3n) is 6.85. The molecule has 0 aliphatic rings. The first kappa shape index (κ1) is 44.9. The van der Waals surface area contributed by atoms with Crippen molar-refractivity contribution in [2.45, 2.75) is 90.0 Å². The molecular weight excluding hydrogens is 611 g/mol. The number of aromatic nitrogens is 3. The highest BCUT2D eigenvalue weighted by Crippen LogP contribution is 2.32. The summed E-state index contributed by atoms with van der Waals surface area (Å²) in [5.41, 5.74) is 7.95. The normalized spacial score (nSPS) is 9.10. The van der Waals surface area contributed by atoms with Gasteiger partial charge in [-0.05, 0) is 46.4 Å². The lowest BCUT2D eigenvalue weighted by Gasteiger charge is -2.11. The summed E-state index contributed by atoms with van der Waals surface area (Å²) in [7, 11) is 0. The fraction of sp³-hybridized carbons (Fsp3) is 0.283. The van der Waals surface area contributed by atoms with Crippen molar-refractivity contribution in [2.24, 2.45) is 0 Å². The molecule has 0 fully saturated rings. The van der Waals surface area contributed by atoms with Gasteiger partial charge in [0.15, 0.2) is 17.5 Å². The van der Waals surface area contributed by atoms with E-state index in [1.54, 1.807) is 6.07 Å². The van der Waals surface area contributed by atoms with Gasteiger partial charge in [-0.2, -0.15) is 0 Å². The third-order valence-corrected chi connectivity index (χ3v) is 6.85. The molecule has 1 aromatic heterocycles. The summed E-state index contributed by atoms with van der Waals surface area (Å²) in [6.07, 6.45) is 0.836. The van der Waals surface area contributed by atoms with Gasteiger partial charge in [0.05, 0.1) is 5.56 Å². The summed E-state index contributed by atoms with van der Waals surface area (Å²) in [4.78, 5) is 14.5. The molecule has 266 valence electrons. The number of aromatic hydroxyl groups is 1. The number of rotatable bonds is 6. The molecule has 5 aromatic carbocycles. The Hall–Kier alpha value is -5.09. The van der Waals surface area contributed by atoms with Crippen LogP contribution in [0.15, 0.2) is 127 Å². The summed E-state index contributed by atoms with van der Waals surface area (Å²) in [6, 6.07) is 42.6. The molecule has 4 nitrogen and oxygen atoms in total. The van der Waals surface area contributed by atoms with E-state index in [2.05, 4.69) is 55.5 Å². The Morgan fingerprint density at radius 3 is 1.06 bits per heavy atom. The van der Waals surface area contributed by atoms with Gasteiger partial charge in [-0.3, -0.25) is 0 Å². The Morgan fingerprint density at radius 1 is 0.400 bits per heavy atom. The minimum atomic E-state index is 0. The SMILES string of the molecule is C.CC.CC.CC.CC.CC.CCc1ccc(-c2nc(-c3ccc(-c4ccccc4)cc3)nc(-c3ccc(-c4ccccc4)cc3)n2)c(O)c1. The molecule has 0 saturated carbocycles. The van der Waals surface area contributed by atoms with Gasteiger partial charge in [0.25, 0.3) is 0 Å². The standard InChI is InChI=1S/C35H27N3O.5C2H6.CH4/c1-2-24-13-22-31(32(39)23-24)35-37-33(29-18-14-27(15-19-29)25-9-5-3-6-10-25)36-34(38-35)30-20-16-28(17-21-30)26-11-7-4-8-12-26;5*1-2;/h3-23,39H,2H2,1H3;5*1-2H3;1H4. The van der Waals surface area contributed by atoms with E-state index in [0.29, 0.717) is 23.0 Å². The first-order valence-electron chi connectivity index (χ1n) is 18.1. The summed E-state index contributed by atoms with van der Waals surface area (Å²) in [5, 5.41) is 10.8. The van der Waals surface area contributed by atoms with Crippen LogP contribution in [-0.2, 0) is 6.42 Å². The van der Waals surface area contributed by atoms with E-state index in [1.165, 1.54) is 0 Å². The van der Waals surface area contributed by atoms with Gasteiger partial charge in [-0.1, -0.05) is 199 Å². The van der Waals surface area contributed by atoms with E-state index in [4.69, 9.17) is 15.0 Å². The Balaban J connectivity index is 0.00000201. The second kappa shape index (κ2) is 25.9. The van der Waals surface area contributed by atoms with Crippen molar-refractivity contribution in [3.05, 3.63) is 133 Å². The van der Waals surface area contributed by atoms with Crippen LogP contribution in [0.4, 0.5) is 0 Å². The zero-order valence-electron chi connectivity index (χ0n) is 31.6. The molecule has 50 heavy (non-hydrogen) atoms. The van der Waals surface area contributed by atoms with E-state index in [9.17, 15) is 5.11 Å². The lowest BCUT2D eigenvalue weighted by molar-refractivity contribution is 0.476. The maximum Gasteiger partial charge on any atom is 0.167 e. The van der Waals surface area contributed by atoms with Crippen LogP contribution in [-0.4, -0.2) is 20.1 Å². The molecule has 1 N–H and O–H groups in total. The molecule has 0 radical (unpaired) electrons. The lowest BCUT2D eigenvalue weighted by atomic mass is 10.0. The molecule has 0 unspecified atom stereocenters. The van der Waals surface area contributed by atoms with E-state index in [1.807, 2.05) is 142 Å². The predicted molar refractivity (Wildman–Crippen MR) is 222 cm³/mol. The number of phenolic OH excluding ortho intramolecular Hbond substituents is 1. The van der Waals surface area contributed by atoms with Crippen LogP contribution in [0.5, 0.6) is 5.75 Å². The molecule has 0 amide bonds. The Morgan fingerprint density at radius 2 is 0.720 bits per heavy atom. The van der Waals surface area contributed by atoms with Gasteiger partial charge in [0.2, 0.25) is 0 Å². The topological polar surface area (TPSA) is 58.9 Å². The number of hydrogen-bond acceptors (Lipinski definition) is 4. The minimum absolute atomic E-state index is 0. The molecule has 0 spiro atoms. The molecule has 0 bridgehead atoms. The predicted octanol–water partition coefficient (Wildman–Crippen LogP) is 14.2. The van der Waals surface area contributed by atoms with Gasteiger partial charge in [0, 0.05) is 11.1 Å². The van der Waals surface area contributed by atoms with Gasteiger partial charge in [-0.15, -0.1) is 0 Å². The average Bonchev–Trinajstić information content (AvgIpc) is 3.22. The van der Waals surface area contributed by atoms with E-state index in [-0.39, 0.29) is 13.2 Å². The zero-order valence-corrected chi connectivity index (χ0v) is 31.6. The van der Waals surface area contributed by atoms with E-state index in [0.717, 1.165) is 45.4 Å². The molecule has 6 aromatic rings. The Labute approximate surface area is 304 Å². The van der Waals surface area contributed by atoms with Crippen molar-refractivity contribution >= 4 is 0 Å². The molecule has 1 heterocycles. The number of benzene rings is 5. The molecular formula is C46H61N3O. The number of phenols is 1. The Bertz CT molecular complexity index is 1610. The molecule has 0 aliphatic heterocycles. The monoisotopic (exact) mass is 671 g/mol. The van der Waals surface area contributed by atoms with Crippen molar-refractivity contribution in [2.75, 3.05) is 0 Å². The van der Waals surface area contributed by atoms with Crippen molar-refractivity contribution < 1.29 is 5.11 Å². The maximum atomic E-state index is 10.8. The van der Waals surface area contributed by atoms with Crippen LogP contribution in [0, 0.1) is 0 Å². The van der Waals surface area contributed by atoms with Crippen molar-refractivity contribution in [1.29, 1.82) is 0 Å².